The number of aromatic nitrogens is 6. The average Bonchev–Trinajstić information content (AvgIpc) is 4.05. The quantitative estimate of drug-likeness (QED) is 0.168. The van der Waals surface area contributed by atoms with E-state index in [9.17, 15) is 0 Å². The Morgan fingerprint density at radius 3 is 1.54 bits per heavy atom. The Hall–Kier alpha value is -8.26. The molecule has 0 saturated heterocycles. The Morgan fingerprint density at radius 1 is 0.333 bits per heavy atom. The summed E-state index contributed by atoms with van der Waals surface area (Å²) in [5.41, 5.74) is 11.5. The molecule has 13 aromatic rings. The Morgan fingerprint density at radius 2 is 0.857 bits per heavy atom. The van der Waals surface area contributed by atoms with Crippen molar-refractivity contribution in [1.29, 1.82) is 0 Å². The van der Waals surface area contributed by atoms with E-state index in [1.54, 1.807) is 11.3 Å². The zero-order valence-electron chi connectivity index (χ0n) is 33.7. The van der Waals surface area contributed by atoms with Gasteiger partial charge in [0.05, 0.1) is 32.3 Å². The molecule has 9 aromatic carbocycles. The molecule has 6 nitrogen and oxygen atoms in total. The molecule has 0 aliphatic heterocycles. The molecular formula is C56H34N6S. The van der Waals surface area contributed by atoms with Gasteiger partial charge in [-0.25, -0.2) is 9.97 Å². The van der Waals surface area contributed by atoms with Crippen LogP contribution in [0.1, 0.15) is 0 Å². The Labute approximate surface area is 365 Å². The highest BCUT2D eigenvalue weighted by atomic mass is 32.1. The van der Waals surface area contributed by atoms with Gasteiger partial charge in [-0.3, -0.25) is 4.57 Å². The van der Waals surface area contributed by atoms with Crippen molar-refractivity contribution in [2.45, 2.75) is 0 Å². The van der Waals surface area contributed by atoms with Crippen molar-refractivity contribution >= 4 is 75.9 Å². The van der Waals surface area contributed by atoms with E-state index in [-0.39, 0.29) is 0 Å². The van der Waals surface area contributed by atoms with Crippen molar-refractivity contribution in [2.75, 3.05) is 0 Å². The summed E-state index contributed by atoms with van der Waals surface area (Å²) in [7, 11) is 0. The van der Waals surface area contributed by atoms with E-state index in [2.05, 4.69) is 209 Å². The van der Waals surface area contributed by atoms with Gasteiger partial charge in [0.15, 0.2) is 11.6 Å². The van der Waals surface area contributed by atoms with E-state index >= 15 is 0 Å². The van der Waals surface area contributed by atoms with Crippen LogP contribution >= 0.6 is 11.3 Å². The molecule has 294 valence electrons. The van der Waals surface area contributed by atoms with Crippen LogP contribution in [-0.2, 0) is 0 Å². The molecule has 0 atom stereocenters. The van der Waals surface area contributed by atoms with Crippen LogP contribution in [-0.4, -0.2) is 29.1 Å². The lowest BCUT2D eigenvalue weighted by Crippen LogP contribution is -2.07. The molecule has 0 bridgehead atoms. The second-order valence-corrected chi connectivity index (χ2v) is 16.8. The summed E-state index contributed by atoms with van der Waals surface area (Å²) in [5, 5.41) is 7.74. The summed E-state index contributed by atoms with van der Waals surface area (Å²) in [4.78, 5) is 21.6. The maximum absolute atomic E-state index is 5.54. The smallest absolute Gasteiger partial charge is 0.238 e. The minimum absolute atomic E-state index is 0.541. The fourth-order valence-corrected chi connectivity index (χ4v) is 10.5. The van der Waals surface area contributed by atoms with E-state index in [1.165, 1.54) is 5.39 Å². The predicted octanol–water partition coefficient (Wildman–Crippen LogP) is 14.5. The van der Waals surface area contributed by atoms with Gasteiger partial charge >= 0.3 is 0 Å². The van der Waals surface area contributed by atoms with Gasteiger partial charge in [-0.1, -0.05) is 164 Å². The first-order chi connectivity index (χ1) is 31.3. The topological polar surface area (TPSA) is 61.4 Å². The van der Waals surface area contributed by atoms with Crippen LogP contribution in [0.2, 0.25) is 0 Å². The summed E-state index contributed by atoms with van der Waals surface area (Å²) < 4.78 is 5.69. The lowest BCUT2D eigenvalue weighted by molar-refractivity contribution is 0.955. The van der Waals surface area contributed by atoms with Gasteiger partial charge in [0.1, 0.15) is 5.01 Å². The van der Waals surface area contributed by atoms with Crippen LogP contribution in [0, 0.1) is 0 Å². The van der Waals surface area contributed by atoms with Gasteiger partial charge in [0.2, 0.25) is 5.95 Å². The van der Waals surface area contributed by atoms with E-state index in [0.717, 1.165) is 97.7 Å². The second-order valence-electron chi connectivity index (χ2n) is 15.8. The summed E-state index contributed by atoms with van der Waals surface area (Å²) in [6.07, 6.45) is 0. The summed E-state index contributed by atoms with van der Waals surface area (Å²) in [6.45, 7) is 0. The summed E-state index contributed by atoms with van der Waals surface area (Å²) >= 11 is 1.67. The van der Waals surface area contributed by atoms with Crippen LogP contribution in [0.3, 0.4) is 0 Å². The van der Waals surface area contributed by atoms with Gasteiger partial charge in [-0.15, -0.1) is 11.3 Å². The monoisotopic (exact) mass is 822 g/mol. The normalized spacial score (nSPS) is 11.8. The third kappa shape index (κ3) is 5.57. The van der Waals surface area contributed by atoms with E-state index in [0.29, 0.717) is 17.6 Å². The average molecular weight is 823 g/mol. The number of rotatable bonds is 6. The van der Waals surface area contributed by atoms with Gasteiger partial charge < -0.3 is 4.57 Å². The number of para-hydroxylation sites is 3. The van der Waals surface area contributed by atoms with Crippen LogP contribution in [0.25, 0.3) is 121 Å². The number of benzene rings is 9. The van der Waals surface area contributed by atoms with Gasteiger partial charge in [-0.2, -0.15) is 9.97 Å². The number of hydrogen-bond donors (Lipinski definition) is 0. The van der Waals surface area contributed by atoms with Crippen molar-refractivity contribution in [3.63, 3.8) is 0 Å². The molecule has 13 rings (SSSR count). The molecule has 0 N–H and O–H groups in total. The molecule has 0 aliphatic rings. The first kappa shape index (κ1) is 35.5. The standard InChI is InChI=1S/C56H34N6S/c1-4-17-35(18-5-1)38-31-34-45(40-24-11-10-23-39(38)40)53-58-54(46-27-16-28-47-52(46)63-55(57-47)36-19-6-2-7-20-36)60-56(59-53)62-49-30-15-13-26-42(49)44-33-32-43-41-25-12-14-29-48(41)61(50(43)51(44)62)37-21-8-3-9-22-37/h1-34H. The molecule has 4 aromatic heterocycles. The van der Waals surface area contributed by atoms with Crippen LogP contribution in [0.15, 0.2) is 206 Å². The van der Waals surface area contributed by atoms with Crippen molar-refractivity contribution in [2.24, 2.45) is 0 Å². The van der Waals surface area contributed by atoms with E-state index in [4.69, 9.17) is 19.9 Å². The van der Waals surface area contributed by atoms with Gasteiger partial charge in [0, 0.05) is 43.9 Å². The molecule has 0 saturated carbocycles. The first-order valence-electron chi connectivity index (χ1n) is 21.1. The highest BCUT2D eigenvalue weighted by molar-refractivity contribution is 7.22. The van der Waals surface area contributed by atoms with Crippen molar-refractivity contribution in [3.8, 4) is 56.1 Å². The molecule has 0 fully saturated rings. The predicted molar refractivity (Wildman–Crippen MR) is 261 cm³/mol. The molecule has 0 aliphatic carbocycles. The zero-order valence-corrected chi connectivity index (χ0v) is 34.5. The Balaban J connectivity index is 1.15. The highest BCUT2D eigenvalue weighted by Gasteiger charge is 2.25. The molecule has 0 unspecified atom stereocenters. The maximum atomic E-state index is 5.54. The fraction of sp³-hybridized carbons (Fsp3) is 0. The Bertz CT molecular complexity index is 3910. The van der Waals surface area contributed by atoms with Crippen molar-refractivity contribution in [1.82, 2.24) is 29.1 Å². The van der Waals surface area contributed by atoms with Gasteiger partial charge in [-0.05, 0) is 64.4 Å². The molecule has 4 heterocycles. The van der Waals surface area contributed by atoms with Crippen LogP contribution in [0.4, 0.5) is 0 Å². The molecule has 7 heteroatoms. The first-order valence-corrected chi connectivity index (χ1v) is 21.9. The molecule has 63 heavy (non-hydrogen) atoms. The largest absolute Gasteiger partial charge is 0.307 e. The minimum atomic E-state index is 0.541. The molecule has 0 spiro atoms. The highest BCUT2D eigenvalue weighted by Crippen LogP contribution is 2.43. The third-order valence-electron chi connectivity index (χ3n) is 12.2. The SMILES string of the molecule is c1ccc(-c2nc3cccc(-c4nc(-c5ccc(-c6ccccc6)c6ccccc56)nc(-n5c6ccccc6c6ccc7c8ccccc8n(-c8ccccc8)c7c65)n4)c3s2)cc1. The van der Waals surface area contributed by atoms with Gasteiger partial charge in [0.25, 0.3) is 0 Å². The zero-order chi connectivity index (χ0) is 41.4. The summed E-state index contributed by atoms with van der Waals surface area (Å²) in [5.74, 6) is 1.72. The Kier molecular flexibility index (Phi) is 7.98. The molecular weight excluding hydrogens is 789 g/mol. The lowest BCUT2D eigenvalue weighted by atomic mass is 9.95. The third-order valence-corrected chi connectivity index (χ3v) is 13.4. The number of fused-ring (bicyclic) bond motifs is 9. The van der Waals surface area contributed by atoms with E-state index < -0.39 is 0 Å². The number of thiazole rings is 1. The molecule has 0 amide bonds. The minimum Gasteiger partial charge on any atom is -0.307 e. The van der Waals surface area contributed by atoms with Crippen LogP contribution < -0.4 is 0 Å². The maximum Gasteiger partial charge on any atom is 0.238 e. The van der Waals surface area contributed by atoms with Crippen molar-refractivity contribution in [3.05, 3.63) is 206 Å². The van der Waals surface area contributed by atoms with Crippen molar-refractivity contribution < 1.29 is 0 Å². The number of hydrogen-bond acceptors (Lipinski definition) is 5. The molecule has 0 radical (unpaired) electrons. The fourth-order valence-electron chi connectivity index (χ4n) is 9.45. The van der Waals surface area contributed by atoms with E-state index in [1.807, 2.05) is 6.07 Å². The number of nitrogens with zero attached hydrogens (tertiary/aromatic N) is 6. The second kappa shape index (κ2) is 14.2. The lowest BCUT2D eigenvalue weighted by Gasteiger charge is -2.15. The summed E-state index contributed by atoms with van der Waals surface area (Å²) in [6, 6.07) is 72.6. The van der Waals surface area contributed by atoms with Crippen LogP contribution in [0.5, 0.6) is 0 Å².